The van der Waals surface area contributed by atoms with Crippen LogP contribution in [0.2, 0.25) is 0 Å². The number of hydrogen-bond acceptors (Lipinski definition) is 4. The fourth-order valence-corrected chi connectivity index (χ4v) is 4.94. The largest absolute Gasteiger partial charge is 0.354 e. The lowest BCUT2D eigenvalue weighted by molar-refractivity contribution is -0.122. The Morgan fingerprint density at radius 2 is 1.78 bits per heavy atom. The number of sulfonamides is 1. The molecule has 1 aromatic rings. The summed E-state index contributed by atoms with van der Waals surface area (Å²) >= 11 is 0. The van der Waals surface area contributed by atoms with Gasteiger partial charge >= 0.3 is 0 Å². The van der Waals surface area contributed by atoms with Crippen molar-refractivity contribution in [1.29, 1.82) is 0 Å². The standard InChI is InChI=1S/C19H27N3O4S/c1-14-9-12-22(13-10-14)27(25,26)16-7-5-15(6-8-16)18(23)21-17-4-2-3-11-20-19(17)24/h5-8,14,17H,2-4,9-13H2,1H3,(H,20,24)(H,21,23). The Bertz CT molecular complexity index is 784. The lowest BCUT2D eigenvalue weighted by atomic mass is 10.0. The second kappa shape index (κ2) is 8.39. The van der Waals surface area contributed by atoms with Crippen LogP contribution in [0.1, 0.15) is 49.4 Å². The van der Waals surface area contributed by atoms with Crippen LogP contribution in [0.4, 0.5) is 0 Å². The maximum Gasteiger partial charge on any atom is 0.251 e. The molecule has 0 radical (unpaired) electrons. The summed E-state index contributed by atoms with van der Waals surface area (Å²) in [6.45, 7) is 3.82. The molecule has 1 atom stereocenters. The average molecular weight is 394 g/mol. The van der Waals surface area contributed by atoms with Crippen molar-refractivity contribution in [3.8, 4) is 0 Å². The van der Waals surface area contributed by atoms with Gasteiger partial charge in [-0.15, -0.1) is 0 Å². The molecule has 2 heterocycles. The zero-order chi connectivity index (χ0) is 19.4. The van der Waals surface area contributed by atoms with Gasteiger partial charge in [-0.25, -0.2) is 8.42 Å². The second-order valence-electron chi connectivity index (χ2n) is 7.42. The fourth-order valence-electron chi connectivity index (χ4n) is 3.47. The molecule has 3 rings (SSSR count). The Kier molecular flexibility index (Phi) is 6.16. The highest BCUT2D eigenvalue weighted by Gasteiger charge is 2.28. The predicted molar refractivity (Wildman–Crippen MR) is 102 cm³/mol. The number of nitrogens with one attached hydrogen (secondary N) is 2. The van der Waals surface area contributed by atoms with E-state index < -0.39 is 16.1 Å². The Morgan fingerprint density at radius 3 is 2.44 bits per heavy atom. The molecule has 8 heteroatoms. The summed E-state index contributed by atoms with van der Waals surface area (Å²) in [5, 5.41) is 5.52. The molecule has 1 unspecified atom stereocenters. The normalized spacial score (nSPS) is 22.7. The smallest absolute Gasteiger partial charge is 0.251 e. The predicted octanol–water partition coefficient (Wildman–Crippen LogP) is 1.51. The summed E-state index contributed by atoms with van der Waals surface area (Å²) in [6.07, 6.45) is 4.11. The highest BCUT2D eigenvalue weighted by atomic mass is 32.2. The molecule has 0 spiro atoms. The highest BCUT2D eigenvalue weighted by molar-refractivity contribution is 7.89. The summed E-state index contributed by atoms with van der Waals surface area (Å²) in [4.78, 5) is 24.6. The molecule has 0 aromatic heterocycles. The van der Waals surface area contributed by atoms with Crippen molar-refractivity contribution in [3.63, 3.8) is 0 Å². The lowest BCUT2D eigenvalue weighted by Crippen LogP contribution is -2.45. The number of amides is 2. The van der Waals surface area contributed by atoms with Gasteiger partial charge < -0.3 is 10.6 Å². The van der Waals surface area contributed by atoms with E-state index in [4.69, 9.17) is 0 Å². The Morgan fingerprint density at radius 1 is 1.11 bits per heavy atom. The van der Waals surface area contributed by atoms with E-state index >= 15 is 0 Å². The van der Waals surface area contributed by atoms with Crippen LogP contribution in [0.15, 0.2) is 29.2 Å². The summed E-state index contributed by atoms with van der Waals surface area (Å²) in [5.74, 6) is 0.0101. The number of benzene rings is 1. The van der Waals surface area contributed by atoms with Crippen molar-refractivity contribution >= 4 is 21.8 Å². The first-order valence-corrected chi connectivity index (χ1v) is 11.0. The van der Waals surface area contributed by atoms with Gasteiger partial charge in [-0.2, -0.15) is 4.31 Å². The van der Waals surface area contributed by atoms with E-state index in [2.05, 4.69) is 17.6 Å². The molecule has 2 fully saturated rings. The van der Waals surface area contributed by atoms with Crippen molar-refractivity contribution in [2.45, 2.75) is 50.0 Å². The second-order valence-corrected chi connectivity index (χ2v) is 9.36. The van der Waals surface area contributed by atoms with Crippen LogP contribution >= 0.6 is 0 Å². The molecule has 0 saturated carbocycles. The lowest BCUT2D eigenvalue weighted by Gasteiger charge is -2.29. The summed E-state index contributed by atoms with van der Waals surface area (Å²) in [5.41, 5.74) is 0.346. The summed E-state index contributed by atoms with van der Waals surface area (Å²) in [6, 6.07) is 5.40. The van der Waals surface area contributed by atoms with Crippen molar-refractivity contribution in [1.82, 2.24) is 14.9 Å². The number of nitrogens with zero attached hydrogens (tertiary/aromatic N) is 1. The monoisotopic (exact) mass is 393 g/mol. The van der Waals surface area contributed by atoms with Gasteiger partial charge in [-0.1, -0.05) is 6.92 Å². The quantitative estimate of drug-likeness (QED) is 0.810. The maximum atomic E-state index is 12.7. The highest BCUT2D eigenvalue weighted by Crippen LogP contribution is 2.23. The third-order valence-corrected chi connectivity index (χ3v) is 7.25. The molecule has 148 valence electrons. The average Bonchev–Trinajstić information content (AvgIpc) is 2.86. The van der Waals surface area contributed by atoms with E-state index in [1.165, 1.54) is 28.6 Å². The first kappa shape index (κ1) is 19.8. The number of rotatable bonds is 4. The van der Waals surface area contributed by atoms with Gasteiger partial charge in [0, 0.05) is 25.2 Å². The first-order valence-electron chi connectivity index (χ1n) is 9.57. The van der Waals surface area contributed by atoms with Gasteiger partial charge in [-0.05, 0) is 62.3 Å². The van der Waals surface area contributed by atoms with Gasteiger partial charge in [0.05, 0.1) is 4.90 Å². The van der Waals surface area contributed by atoms with E-state index in [1.54, 1.807) is 0 Å². The molecule has 1 aromatic carbocycles. The molecule has 2 aliphatic heterocycles. The minimum absolute atomic E-state index is 0.167. The van der Waals surface area contributed by atoms with Crippen molar-refractivity contribution in [2.75, 3.05) is 19.6 Å². The van der Waals surface area contributed by atoms with Crippen LogP contribution < -0.4 is 10.6 Å². The van der Waals surface area contributed by atoms with Gasteiger partial charge in [0.2, 0.25) is 15.9 Å². The molecule has 2 N–H and O–H groups in total. The number of hydrogen-bond donors (Lipinski definition) is 2. The molecule has 2 saturated heterocycles. The van der Waals surface area contributed by atoms with E-state index in [0.29, 0.717) is 37.5 Å². The third-order valence-electron chi connectivity index (χ3n) is 5.34. The number of carbonyl (C=O) groups is 2. The molecular weight excluding hydrogens is 366 g/mol. The summed E-state index contributed by atoms with van der Waals surface area (Å²) in [7, 11) is -3.53. The van der Waals surface area contributed by atoms with E-state index in [0.717, 1.165) is 25.7 Å². The van der Waals surface area contributed by atoms with Crippen LogP contribution in [0.5, 0.6) is 0 Å². The van der Waals surface area contributed by atoms with Crippen LogP contribution in [0, 0.1) is 5.92 Å². The molecular formula is C19H27N3O4S. The van der Waals surface area contributed by atoms with Crippen molar-refractivity contribution in [3.05, 3.63) is 29.8 Å². The third kappa shape index (κ3) is 4.68. The Labute approximate surface area is 160 Å². The zero-order valence-corrected chi connectivity index (χ0v) is 16.4. The SMILES string of the molecule is CC1CCN(S(=O)(=O)c2ccc(C(=O)NC3CCCCNC3=O)cc2)CC1. The topological polar surface area (TPSA) is 95.6 Å². The molecule has 27 heavy (non-hydrogen) atoms. The Balaban J connectivity index is 1.67. The molecule has 7 nitrogen and oxygen atoms in total. The number of piperidine rings is 1. The fraction of sp³-hybridized carbons (Fsp3) is 0.579. The first-order chi connectivity index (χ1) is 12.9. The Hall–Kier alpha value is -1.93. The van der Waals surface area contributed by atoms with Crippen LogP contribution in [-0.4, -0.2) is 50.2 Å². The minimum Gasteiger partial charge on any atom is -0.354 e. The zero-order valence-electron chi connectivity index (χ0n) is 15.6. The van der Waals surface area contributed by atoms with E-state index in [9.17, 15) is 18.0 Å². The van der Waals surface area contributed by atoms with Crippen LogP contribution in [-0.2, 0) is 14.8 Å². The van der Waals surface area contributed by atoms with Crippen molar-refractivity contribution < 1.29 is 18.0 Å². The minimum atomic E-state index is -3.53. The van der Waals surface area contributed by atoms with Gasteiger partial charge in [0.25, 0.3) is 5.91 Å². The van der Waals surface area contributed by atoms with Crippen LogP contribution in [0.3, 0.4) is 0 Å². The van der Waals surface area contributed by atoms with Gasteiger partial charge in [0.15, 0.2) is 0 Å². The van der Waals surface area contributed by atoms with E-state index in [1.807, 2.05) is 0 Å². The summed E-state index contributed by atoms with van der Waals surface area (Å²) < 4.78 is 27.0. The molecule has 0 bridgehead atoms. The number of carbonyl (C=O) groups excluding carboxylic acids is 2. The van der Waals surface area contributed by atoms with Gasteiger partial charge in [-0.3, -0.25) is 9.59 Å². The van der Waals surface area contributed by atoms with Crippen LogP contribution in [0.25, 0.3) is 0 Å². The molecule has 2 amide bonds. The van der Waals surface area contributed by atoms with E-state index in [-0.39, 0.29) is 16.7 Å². The van der Waals surface area contributed by atoms with Gasteiger partial charge in [0.1, 0.15) is 6.04 Å². The molecule has 0 aliphatic carbocycles. The maximum absolute atomic E-state index is 12.7. The molecule has 2 aliphatic rings. The van der Waals surface area contributed by atoms with Crippen molar-refractivity contribution in [2.24, 2.45) is 5.92 Å².